The van der Waals surface area contributed by atoms with Crippen LogP contribution in [-0.2, 0) is 6.42 Å². The van der Waals surface area contributed by atoms with E-state index in [1.165, 1.54) is 5.56 Å². The topological polar surface area (TPSA) is 32.8 Å². The Morgan fingerprint density at radius 3 is 3.27 bits per heavy atom. The smallest absolute Gasteiger partial charge is 0.189 e. The average molecular weight is 148 g/mol. The van der Waals surface area contributed by atoms with E-state index in [9.17, 15) is 0 Å². The molecule has 0 aliphatic rings. The van der Waals surface area contributed by atoms with Gasteiger partial charge in [-0.15, -0.1) is 4.52 Å². The van der Waals surface area contributed by atoms with E-state index in [1.54, 1.807) is 6.33 Å². The van der Waals surface area contributed by atoms with Gasteiger partial charge in [-0.1, -0.05) is 6.92 Å². The number of hydrogen-bond donors (Lipinski definition) is 1. The molecule has 0 bridgehead atoms. The summed E-state index contributed by atoms with van der Waals surface area (Å²) in [4.78, 5) is 4.10. The van der Waals surface area contributed by atoms with Gasteiger partial charge in [0.15, 0.2) is 0 Å². The van der Waals surface area contributed by atoms with E-state index < -0.39 is 0 Å². The van der Waals surface area contributed by atoms with Crippen LogP contribution in [0, 0.1) is 0 Å². The molecular formula is C8H10N3+. The first-order valence-corrected chi connectivity index (χ1v) is 3.74. The lowest BCUT2D eigenvalue weighted by Crippen LogP contribution is -2.22. The van der Waals surface area contributed by atoms with E-state index in [-0.39, 0.29) is 0 Å². The molecule has 0 saturated heterocycles. The number of aromatic nitrogens is 3. The monoisotopic (exact) mass is 148 g/mol. The maximum absolute atomic E-state index is 4.10. The molecule has 2 aromatic rings. The third-order valence-electron chi connectivity index (χ3n) is 1.79. The zero-order chi connectivity index (χ0) is 7.68. The number of rotatable bonds is 1. The van der Waals surface area contributed by atoms with E-state index >= 15 is 0 Å². The maximum atomic E-state index is 4.10. The van der Waals surface area contributed by atoms with Gasteiger partial charge in [-0.25, -0.2) is 0 Å². The standard InChI is InChI=1S/C8H9N3/c1-2-7-3-4-8-9-6-10-11(8)5-7/h3-6H,2H2,1H3/p+1. The predicted molar refractivity (Wildman–Crippen MR) is 41.1 cm³/mol. The number of fused-ring (bicyclic) bond motifs is 1. The molecule has 0 spiro atoms. The Bertz CT molecular complexity index is 364. The van der Waals surface area contributed by atoms with Crippen molar-refractivity contribution >= 4 is 5.65 Å². The molecule has 0 amide bonds. The highest BCUT2D eigenvalue weighted by molar-refractivity contribution is 5.28. The van der Waals surface area contributed by atoms with Gasteiger partial charge >= 0.3 is 5.65 Å². The van der Waals surface area contributed by atoms with Crippen LogP contribution in [-0.4, -0.2) is 10.1 Å². The Labute approximate surface area is 64.7 Å². The molecule has 0 aliphatic carbocycles. The Balaban J connectivity index is 2.67. The summed E-state index contributed by atoms with van der Waals surface area (Å²) in [5.41, 5.74) is 2.27. The normalized spacial score (nSPS) is 10.6. The summed E-state index contributed by atoms with van der Waals surface area (Å²) < 4.78 is 1.92. The third kappa shape index (κ3) is 0.981. The largest absolute Gasteiger partial charge is 0.348 e. The molecule has 56 valence electrons. The van der Waals surface area contributed by atoms with Crippen LogP contribution >= 0.6 is 0 Å². The van der Waals surface area contributed by atoms with Gasteiger partial charge in [-0.05, 0) is 23.0 Å². The second-order valence-corrected chi connectivity index (χ2v) is 2.51. The van der Waals surface area contributed by atoms with Crippen LogP contribution < -0.4 is 4.52 Å². The second-order valence-electron chi connectivity index (χ2n) is 2.51. The maximum Gasteiger partial charge on any atom is 0.348 e. The molecule has 0 radical (unpaired) electrons. The average Bonchev–Trinajstić information content (AvgIpc) is 2.50. The zero-order valence-corrected chi connectivity index (χ0v) is 6.41. The number of nitrogens with one attached hydrogen (secondary N) is 1. The second kappa shape index (κ2) is 2.34. The summed E-state index contributed by atoms with van der Waals surface area (Å²) in [5.74, 6) is 0. The number of pyridine rings is 1. The lowest BCUT2D eigenvalue weighted by Gasteiger charge is -1.89. The Kier molecular flexibility index (Phi) is 1.35. The van der Waals surface area contributed by atoms with E-state index in [0.29, 0.717) is 0 Å². The van der Waals surface area contributed by atoms with Gasteiger partial charge in [-0.2, -0.15) is 5.10 Å². The van der Waals surface area contributed by atoms with Gasteiger partial charge in [0.1, 0.15) is 6.20 Å². The molecule has 0 unspecified atom stereocenters. The number of hydrogen-bond acceptors (Lipinski definition) is 1. The number of nitrogens with zero attached hydrogens (tertiary/aromatic N) is 2. The van der Waals surface area contributed by atoms with Crippen molar-refractivity contribution in [3.05, 3.63) is 30.2 Å². The fraction of sp³-hybridized carbons (Fsp3) is 0.250. The molecule has 2 aromatic heterocycles. The Hall–Kier alpha value is -1.38. The lowest BCUT2D eigenvalue weighted by molar-refractivity contribution is -0.577. The zero-order valence-electron chi connectivity index (χ0n) is 6.41. The van der Waals surface area contributed by atoms with Crippen LogP contribution in [0.5, 0.6) is 0 Å². The molecule has 0 atom stereocenters. The summed E-state index contributed by atoms with van der Waals surface area (Å²) in [6.45, 7) is 2.14. The molecule has 3 nitrogen and oxygen atoms in total. The molecular weight excluding hydrogens is 138 g/mol. The van der Waals surface area contributed by atoms with Gasteiger partial charge in [0.05, 0.1) is 0 Å². The summed E-state index contributed by atoms with van der Waals surface area (Å²) in [7, 11) is 0. The SMILES string of the molecule is CCc1ccc2nc[nH][n+]2c1. The van der Waals surface area contributed by atoms with Crippen molar-refractivity contribution in [2.24, 2.45) is 0 Å². The third-order valence-corrected chi connectivity index (χ3v) is 1.79. The Morgan fingerprint density at radius 2 is 2.45 bits per heavy atom. The van der Waals surface area contributed by atoms with E-state index in [1.807, 2.05) is 10.6 Å². The van der Waals surface area contributed by atoms with Crippen LogP contribution in [0.2, 0.25) is 0 Å². The van der Waals surface area contributed by atoms with Crippen LogP contribution in [0.25, 0.3) is 5.65 Å². The van der Waals surface area contributed by atoms with Crippen LogP contribution in [0.4, 0.5) is 0 Å². The molecule has 1 N–H and O–H groups in total. The highest BCUT2D eigenvalue weighted by Crippen LogP contribution is 1.97. The van der Waals surface area contributed by atoms with Crippen molar-refractivity contribution in [2.75, 3.05) is 0 Å². The highest BCUT2D eigenvalue weighted by atomic mass is 15.3. The molecule has 0 aromatic carbocycles. The van der Waals surface area contributed by atoms with Gasteiger partial charge in [0, 0.05) is 6.07 Å². The minimum absolute atomic E-state index is 0.960. The summed E-state index contributed by atoms with van der Waals surface area (Å²) in [5, 5.41) is 3.00. The van der Waals surface area contributed by atoms with E-state index in [2.05, 4.69) is 29.3 Å². The molecule has 2 heterocycles. The highest BCUT2D eigenvalue weighted by Gasteiger charge is 2.02. The molecule has 0 aliphatic heterocycles. The first-order chi connectivity index (χ1) is 5.40. The quantitative estimate of drug-likeness (QED) is 0.593. The molecule has 3 heteroatoms. The fourth-order valence-corrected chi connectivity index (χ4v) is 1.11. The first-order valence-electron chi connectivity index (χ1n) is 3.74. The van der Waals surface area contributed by atoms with Crippen LogP contribution in [0.3, 0.4) is 0 Å². The number of aryl methyl sites for hydroxylation is 1. The van der Waals surface area contributed by atoms with Crippen molar-refractivity contribution in [1.82, 2.24) is 10.1 Å². The summed E-state index contributed by atoms with van der Waals surface area (Å²) in [6.07, 6.45) is 4.80. The minimum Gasteiger partial charge on any atom is -0.189 e. The molecule has 0 saturated carbocycles. The number of H-pyrrole nitrogens is 1. The van der Waals surface area contributed by atoms with Crippen molar-refractivity contribution in [2.45, 2.75) is 13.3 Å². The molecule has 11 heavy (non-hydrogen) atoms. The minimum atomic E-state index is 0.960. The summed E-state index contributed by atoms with van der Waals surface area (Å²) >= 11 is 0. The van der Waals surface area contributed by atoms with Crippen molar-refractivity contribution < 1.29 is 4.52 Å². The van der Waals surface area contributed by atoms with Gasteiger partial charge < -0.3 is 0 Å². The molecule has 2 rings (SSSR count). The summed E-state index contributed by atoms with van der Waals surface area (Å²) in [6, 6.07) is 4.10. The molecule has 0 fully saturated rings. The van der Waals surface area contributed by atoms with Crippen LogP contribution in [0.15, 0.2) is 24.7 Å². The fourth-order valence-electron chi connectivity index (χ4n) is 1.11. The van der Waals surface area contributed by atoms with E-state index in [0.717, 1.165) is 12.1 Å². The number of aromatic amines is 1. The van der Waals surface area contributed by atoms with Crippen molar-refractivity contribution in [3.8, 4) is 0 Å². The van der Waals surface area contributed by atoms with Crippen molar-refractivity contribution in [1.29, 1.82) is 0 Å². The van der Waals surface area contributed by atoms with E-state index in [4.69, 9.17) is 0 Å². The van der Waals surface area contributed by atoms with Gasteiger partial charge in [0.2, 0.25) is 6.33 Å². The van der Waals surface area contributed by atoms with Gasteiger partial charge in [0.25, 0.3) is 0 Å². The lowest BCUT2D eigenvalue weighted by atomic mass is 10.2. The van der Waals surface area contributed by atoms with Crippen LogP contribution in [0.1, 0.15) is 12.5 Å². The van der Waals surface area contributed by atoms with Gasteiger partial charge in [-0.3, -0.25) is 0 Å². The predicted octanol–water partition coefficient (Wildman–Crippen LogP) is 0.711. The first kappa shape index (κ1) is 6.34. The van der Waals surface area contributed by atoms with Crippen molar-refractivity contribution in [3.63, 3.8) is 0 Å². The Morgan fingerprint density at radius 1 is 1.55 bits per heavy atom.